The Bertz CT molecular complexity index is 358. The van der Waals surface area contributed by atoms with Gasteiger partial charge in [0, 0.05) is 16.8 Å². The third-order valence-electron chi connectivity index (χ3n) is 2.79. The third-order valence-corrected chi connectivity index (χ3v) is 3.04. The minimum absolute atomic E-state index is 0.130. The van der Waals surface area contributed by atoms with Gasteiger partial charge in [-0.1, -0.05) is 24.4 Å². The summed E-state index contributed by atoms with van der Waals surface area (Å²) >= 11 is 5.76. The van der Waals surface area contributed by atoms with Crippen LogP contribution < -0.4 is 10.6 Å². The van der Waals surface area contributed by atoms with Crippen LogP contribution in [-0.4, -0.2) is 12.1 Å². The summed E-state index contributed by atoms with van der Waals surface area (Å²) in [5, 5.41) is 6.41. The minimum atomic E-state index is -0.130. The van der Waals surface area contributed by atoms with Gasteiger partial charge in [0.15, 0.2) is 0 Å². The summed E-state index contributed by atoms with van der Waals surface area (Å²) in [5.41, 5.74) is 0.764. The second-order valence-electron chi connectivity index (χ2n) is 4.09. The molecule has 1 aliphatic carbocycles. The highest BCUT2D eigenvalue weighted by molar-refractivity contribution is 6.30. The molecule has 0 spiro atoms. The quantitative estimate of drug-likeness (QED) is 0.815. The Morgan fingerprint density at radius 2 is 1.81 bits per heavy atom. The third kappa shape index (κ3) is 3.14. The lowest BCUT2D eigenvalue weighted by atomic mass is 10.2. The molecule has 1 aromatic rings. The number of halogens is 1. The van der Waals surface area contributed by atoms with E-state index in [0.717, 1.165) is 18.5 Å². The average Bonchev–Trinajstić information content (AvgIpc) is 2.74. The van der Waals surface area contributed by atoms with Crippen molar-refractivity contribution in [2.45, 2.75) is 31.7 Å². The number of rotatable bonds is 2. The van der Waals surface area contributed by atoms with Crippen LogP contribution >= 0.6 is 11.6 Å². The van der Waals surface area contributed by atoms with Gasteiger partial charge >= 0.3 is 6.03 Å². The van der Waals surface area contributed by atoms with Crippen LogP contribution in [0, 0.1) is 0 Å². The normalized spacial score (nSPS) is 16.1. The van der Waals surface area contributed by atoms with Crippen molar-refractivity contribution >= 4 is 23.3 Å². The zero-order chi connectivity index (χ0) is 11.4. The SMILES string of the molecule is O=C(Nc1ccc(Cl)cc1)NC1CCCC1. The van der Waals surface area contributed by atoms with E-state index in [-0.39, 0.29) is 6.03 Å². The molecule has 0 saturated heterocycles. The molecule has 1 saturated carbocycles. The zero-order valence-corrected chi connectivity index (χ0v) is 9.76. The standard InChI is InChI=1S/C12H15ClN2O/c13-9-5-7-11(8-6-9)15-12(16)14-10-3-1-2-4-10/h5-8,10H,1-4H2,(H2,14,15,16). The Morgan fingerprint density at radius 3 is 2.44 bits per heavy atom. The fourth-order valence-electron chi connectivity index (χ4n) is 1.96. The van der Waals surface area contributed by atoms with Crippen molar-refractivity contribution in [2.75, 3.05) is 5.32 Å². The summed E-state index contributed by atoms with van der Waals surface area (Å²) < 4.78 is 0. The van der Waals surface area contributed by atoms with Gasteiger partial charge in [0.2, 0.25) is 0 Å². The molecule has 1 aromatic carbocycles. The molecule has 0 atom stereocenters. The molecule has 3 nitrogen and oxygen atoms in total. The summed E-state index contributed by atoms with van der Waals surface area (Å²) in [4.78, 5) is 11.6. The van der Waals surface area contributed by atoms with Crippen molar-refractivity contribution in [3.63, 3.8) is 0 Å². The van der Waals surface area contributed by atoms with E-state index in [9.17, 15) is 4.79 Å². The predicted octanol–water partition coefficient (Wildman–Crippen LogP) is 3.40. The van der Waals surface area contributed by atoms with E-state index in [4.69, 9.17) is 11.6 Å². The highest BCUT2D eigenvalue weighted by atomic mass is 35.5. The molecule has 2 amide bonds. The second kappa shape index (κ2) is 5.21. The highest BCUT2D eigenvalue weighted by Crippen LogP contribution is 2.18. The number of hydrogen-bond acceptors (Lipinski definition) is 1. The van der Waals surface area contributed by atoms with Gasteiger partial charge in [-0.3, -0.25) is 0 Å². The van der Waals surface area contributed by atoms with Crippen LogP contribution in [0.1, 0.15) is 25.7 Å². The number of anilines is 1. The molecule has 2 N–H and O–H groups in total. The monoisotopic (exact) mass is 238 g/mol. The molecule has 0 unspecified atom stereocenters. The van der Waals surface area contributed by atoms with Crippen LogP contribution in [0.15, 0.2) is 24.3 Å². The zero-order valence-electron chi connectivity index (χ0n) is 9.00. The first-order chi connectivity index (χ1) is 7.74. The van der Waals surface area contributed by atoms with Crippen LogP contribution in [0.4, 0.5) is 10.5 Å². The lowest BCUT2D eigenvalue weighted by Crippen LogP contribution is -2.36. The van der Waals surface area contributed by atoms with Crippen LogP contribution in [0.25, 0.3) is 0 Å². The molecule has 4 heteroatoms. The number of benzene rings is 1. The van der Waals surface area contributed by atoms with Crippen molar-refractivity contribution in [3.05, 3.63) is 29.3 Å². The van der Waals surface area contributed by atoms with E-state index in [1.165, 1.54) is 12.8 Å². The van der Waals surface area contributed by atoms with E-state index in [0.29, 0.717) is 11.1 Å². The summed E-state index contributed by atoms with van der Waals surface area (Å²) in [6.45, 7) is 0. The first-order valence-corrected chi connectivity index (χ1v) is 5.95. The first kappa shape index (κ1) is 11.3. The predicted molar refractivity (Wildman–Crippen MR) is 65.9 cm³/mol. The molecule has 0 aliphatic heterocycles. The van der Waals surface area contributed by atoms with Crippen molar-refractivity contribution in [3.8, 4) is 0 Å². The smallest absolute Gasteiger partial charge is 0.319 e. The van der Waals surface area contributed by atoms with Crippen LogP contribution in [0.5, 0.6) is 0 Å². The van der Waals surface area contributed by atoms with Gasteiger partial charge in [0.25, 0.3) is 0 Å². The Labute approximate surface area is 100 Å². The maximum atomic E-state index is 11.6. The van der Waals surface area contributed by atoms with Crippen molar-refractivity contribution in [1.82, 2.24) is 5.32 Å². The molecule has 0 aromatic heterocycles. The van der Waals surface area contributed by atoms with Gasteiger partial charge in [0.05, 0.1) is 0 Å². The van der Waals surface area contributed by atoms with Crippen LogP contribution in [0.2, 0.25) is 5.02 Å². The Balaban J connectivity index is 1.84. The summed E-state index contributed by atoms with van der Waals surface area (Å²) in [6.07, 6.45) is 4.61. The highest BCUT2D eigenvalue weighted by Gasteiger charge is 2.16. The summed E-state index contributed by atoms with van der Waals surface area (Å²) in [5.74, 6) is 0. The minimum Gasteiger partial charge on any atom is -0.335 e. The fourth-order valence-corrected chi connectivity index (χ4v) is 2.08. The number of hydrogen-bond donors (Lipinski definition) is 2. The van der Waals surface area contributed by atoms with E-state index in [2.05, 4.69) is 10.6 Å². The maximum absolute atomic E-state index is 11.6. The van der Waals surface area contributed by atoms with Crippen LogP contribution in [0.3, 0.4) is 0 Å². The lowest BCUT2D eigenvalue weighted by molar-refractivity contribution is 0.248. The first-order valence-electron chi connectivity index (χ1n) is 5.57. The van der Waals surface area contributed by atoms with E-state index < -0.39 is 0 Å². The largest absolute Gasteiger partial charge is 0.335 e. The number of amides is 2. The molecule has 16 heavy (non-hydrogen) atoms. The number of nitrogens with one attached hydrogen (secondary N) is 2. The van der Waals surface area contributed by atoms with Crippen molar-refractivity contribution in [2.24, 2.45) is 0 Å². The van der Waals surface area contributed by atoms with Gasteiger partial charge in [-0.15, -0.1) is 0 Å². The summed E-state index contributed by atoms with van der Waals surface area (Å²) in [7, 11) is 0. The Hall–Kier alpha value is -1.22. The van der Waals surface area contributed by atoms with Gasteiger partial charge in [0.1, 0.15) is 0 Å². The number of carbonyl (C=O) groups excluding carboxylic acids is 1. The maximum Gasteiger partial charge on any atom is 0.319 e. The Kier molecular flexibility index (Phi) is 3.67. The molecular formula is C12H15ClN2O. The number of urea groups is 1. The van der Waals surface area contributed by atoms with Crippen molar-refractivity contribution in [1.29, 1.82) is 0 Å². The van der Waals surface area contributed by atoms with E-state index in [1.54, 1.807) is 24.3 Å². The molecule has 1 fully saturated rings. The van der Waals surface area contributed by atoms with Gasteiger partial charge in [-0.05, 0) is 37.1 Å². The van der Waals surface area contributed by atoms with Gasteiger partial charge in [-0.2, -0.15) is 0 Å². The molecule has 0 radical (unpaired) electrons. The molecule has 2 rings (SSSR count). The second-order valence-corrected chi connectivity index (χ2v) is 4.52. The number of carbonyl (C=O) groups is 1. The Morgan fingerprint density at radius 1 is 1.19 bits per heavy atom. The molecule has 0 bridgehead atoms. The van der Waals surface area contributed by atoms with Crippen LogP contribution in [-0.2, 0) is 0 Å². The molecule has 86 valence electrons. The lowest BCUT2D eigenvalue weighted by Gasteiger charge is -2.12. The summed E-state index contributed by atoms with van der Waals surface area (Å²) in [6, 6.07) is 7.30. The molecule has 0 heterocycles. The van der Waals surface area contributed by atoms with Gasteiger partial charge in [-0.25, -0.2) is 4.79 Å². The van der Waals surface area contributed by atoms with E-state index in [1.807, 2.05) is 0 Å². The molecular weight excluding hydrogens is 224 g/mol. The molecule has 1 aliphatic rings. The topological polar surface area (TPSA) is 41.1 Å². The van der Waals surface area contributed by atoms with Crippen molar-refractivity contribution < 1.29 is 4.79 Å². The van der Waals surface area contributed by atoms with E-state index >= 15 is 0 Å². The fraction of sp³-hybridized carbons (Fsp3) is 0.417. The average molecular weight is 239 g/mol. The van der Waals surface area contributed by atoms with Gasteiger partial charge < -0.3 is 10.6 Å².